The van der Waals surface area contributed by atoms with Crippen molar-refractivity contribution in [2.75, 3.05) is 36.4 Å². The zero-order chi connectivity index (χ0) is 33.4. The van der Waals surface area contributed by atoms with Crippen LogP contribution in [-0.4, -0.2) is 74.5 Å². The third-order valence-electron chi connectivity index (χ3n) is 9.19. The number of rotatable bonds is 5. The van der Waals surface area contributed by atoms with Gasteiger partial charge < -0.3 is 19.5 Å². The Balaban J connectivity index is 1.29. The Labute approximate surface area is 274 Å². The molecular formula is C33H35F2N7O4S. The number of anilines is 2. The first-order valence-corrected chi connectivity index (χ1v) is 16.4. The molecule has 1 aromatic carbocycles. The van der Waals surface area contributed by atoms with E-state index in [0.717, 1.165) is 37.0 Å². The maximum Gasteiger partial charge on any atom is 0.412 e. The zero-order valence-electron chi connectivity index (χ0n) is 26.8. The number of fused-ring (bicyclic) bond motifs is 4. The van der Waals surface area contributed by atoms with Gasteiger partial charge in [0.1, 0.15) is 22.2 Å². The summed E-state index contributed by atoms with van der Waals surface area (Å²) in [4.78, 5) is 30.6. The molecule has 11 nitrogen and oxygen atoms in total. The minimum atomic E-state index is -0.804. The van der Waals surface area contributed by atoms with Crippen molar-refractivity contribution >= 4 is 49.4 Å². The largest absolute Gasteiger partial charge is 0.444 e. The molecule has 3 aromatic heterocycles. The van der Waals surface area contributed by atoms with Crippen LogP contribution in [0.4, 0.5) is 24.5 Å². The average Bonchev–Trinajstić information content (AvgIpc) is 3.71. The third kappa shape index (κ3) is 5.54. The molecule has 47 heavy (non-hydrogen) atoms. The predicted molar refractivity (Wildman–Crippen MR) is 173 cm³/mol. The molecule has 0 spiro atoms. The summed E-state index contributed by atoms with van der Waals surface area (Å²) in [6, 6.07) is 2.34. The summed E-state index contributed by atoms with van der Waals surface area (Å²) < 4.78 is 43.2. The number of nitriles is 1. The molecule has 0 radical (unpaired) electrons. The molecule has 0 aliphatic carbocycles. The van der Waals surface area contributed by atoms with E-state index in [1.165, 1.54) is 0 Å². The number of nitrogens with one attached hydrogen (secondary N) is 1. The van der Waals surface area contributed by atoms with Crippen LogP contribution in [0.15, 0.2) is 12.4 Å². The van der Waals surface area contributed by atoms with Crippen molar-refractivity contribution in [1.82, 2.24) is 19.9 Å². The molecule has 4 aromatic rings. The lowest BCUT2D eigenvalue weighted by Crippen LogP contribution is -2.59. The fourth-order valence-corrected chi connectivity index (χ4v) is 7.67. The van der Waals surface area contributed by atoms with E-state index in [2.05, 4.69) is 26.3 Å². The molecule has 246 valence electrons. The summed E-state index contributed by atoms with van der Waals surface area (Å²) >= 11 is 0.857. The fraction of sp³-hybridized carbons (Fsp3) is 0.485. The van der Waals surface area contributed by atoms with Gasteiger partial charge in [-0.15, -0.1) is 11.3 Å². The van der Waals surface area contributed by atoms with Crippen molar-refractivity contribution in [1.29, 1.82) is 5.26 Å². The van der Waals surface area contributed by atoms with Crippen molar-refractivity contribution in [3.8, 4) is 17.3 Å². The van der Waals surface area contributed by atoms with E-state index in [4.69, 9.17) is 14.5 Å². The SMILES string of the molecule is CC(C)(C)OC(=O)Nc1sc2c(F)cnc(-c3c4c(c5cnc(N6CC[C@@H](N7CC(C(C)(C)O)C7)C6)nc5c3F)COC4)c2c1C#N. The van der Waals surface area contributed by atoms with Gasteiger partial charge in [-0.2, -0.15) is 5.26 Å². The minimum Gasteiger partial charge on any atom is -0.444 e. The molecule has 2 fully saturated rings. The first-order valence-electron chi connectivity index (χ1n) is 15.5. The van der Waals surface area contributed by atoms with Gasteiger partial charge in [-0.25, -0.2) is 23.5 Å². The van der Waals surface area contributed by atoms with Gasteiger partial charge in [0.15, 0.2) is 11.6 Å². The number of amides is 1. The van der Waals surface area contributed by atoms with E-state index in [9.17, 15) is 15.2 Å². The van der Waals surface area contributed by atoms with Crippen LogP contribution in [0.3, 0.4) is 0 Å². The van der Waals surface area contributed by atoms with E-state index >= 15 is 8.78 Å². The molecule has 1 amide bonds. The zero-order valence-corrected chi connectivity index (χ0v) is 27.6. The van der Waals surface area contributed by atoms with Crippen molar-refractivity contribution in [2.45, 2.75) is 71.5 Å². The van der Waals surface area contributed by atoms with Crippen LogP contribution in [0.25, 0.3) is 32.2 Å². The molecule has 6 heterocycles. The minimum absolute atomic E-state index is 0.0469. The Morgan fingerprint density at radius 1 is 1.15 bits per heavy atom. The lowest BCUT2D eigenvalue weighted by atomic mass is 9.83. The number of hydrogen-bond donors (Lipinski definition) is 2. The van der Waals surface area contributed by atoms with Gasteiger partial charge in [0.05, 0.1) is 41.0 Å². The normalized spacial score (nSPS) is 18.9. The summed E-state index contributed by atoms with van der Waals surface area (Å²) in [5, 5.41) is 23.8. The van der Waals surface area contributed by atoms with Crippen molar-refractivity contribution in [3.05, 3.63) is 40.7 Å². The highest BCUT2D eigenvalue weighted by molar-refractivity contribution is 7.23. The lowest BCUT2D eigenvalue weighted by molar-refractivity contribution is -0.0737. The Morgan fingerprint density at radius 3 is 2.60 bits per heavy atom. The smallest absolute Gasteiger partial charge is 0.412 e. The van der Waals surface area contributed by atoms with E-state index < -0.39 is 28.9 Å². The number of halogens is 2. The molecule has 0 bridgehead atoms. The predicted octanol–water partition coefficient (Wildman–Crippen LogP) is 5.71. The highest BCUT2D eigenvalue weighted by Gasteiger charge is 2.42. The second-order valence-electron chi connectivity index (χ2n) is 14.0. The van der Waals surface area contributed by atoms with Gasteiger partial charge >= 0.3 is 6.09 Å². The lowest BCUT2D eigenvalue weighted by Gasteiger charge is -2.48. The van der Waals surface area contributed by atoms with Gasteiger partial charge in [-0.05, 0) is 52.2 Å². The van der Waals surface area contributed by atoms with Gasteiger partial charge in [-0.1, -0.05) is 0 Å². The molecule has 2 saturated heterocycles. The van der Waals surface area contributed by atoms with Crippen LogP contribution in [0.2, 0.25) is 0 Å². The molecule has 0 unspecified atom stereocenters. The Kier molecular flexibility index (Phi) is 7.59. The Morgan fingerprint density at radius 2 is 1.89 bits per heavy atom. The molecule has 3 aliphatic rings. The second-order valence-corrected chi connectivity index (χ2v) is 15.0. The number of carbonyl (C=O) groups excluding carboxylic acids is 1. The molecular weight excluding hydrogens is 628 g/mol. The van der Waals surface area contributed by atoms with Gasteiger partial charge in [0.25, 0.3) is 0 Å². The Hall–Kier alpha value is -4.03. The van der Waals surface area contributed by atoms with Crippen molar-refractivity contribution < 1.29 is 28.2 Å². The van der Waals surface area contributed by atoms with Crippen LogP contribution in [0, 0.1) is 28.9 Å². The van der Waals surface area contributed by atoms with Gasteiger partial charge in [-0.3, -0.25) is 15.2 Å². The van der Waals surface area contributed by atoms with Crippen LogP contribution in [-0.2, 0) is 22.7 Å². The number of nitrogens with zero attached hydrogens (tertiary/aromatic N) is 6. The van der Waals surface area contributed by atoms with E-state index in [1.807, 2.05) is 18.7 Å². The maximum absolute atomic E-state index is 16.9. The average molecular weight is 664 g/mol. The van der Waals surface area contributed by atoms with Crippen LogP contribution in [0.1, 0.15) is 57.7 Å². The summed E-state index contributed by atoms with van der Waals surface area (Å²) in [6.45, 7) is 12.1. The number of thiophene rings is 1. The number of carbonyl (C=O) groups is 1. The number of hydrogen-bond acceptors (Lipinski definition) is 11. The molecule has 2 N–H and O–H groups in total. The van der Waals surface area contributed by atoms with E-state index in [-0.39, 0.29) is 62.6 Å². The third-order valence-corrected chi connectivity index (χ3v) is 10.3. The van der Waals surface area contributed by atoms with Crippen LogP contribution < -0.4 is 10.2 Å². The first-order chi connectivity index (χ1) is 22.2. The summed E-state index contributed by atoms with van der Waals surface area (Å²) in [5.74, 6) is -0.749. The number of likely N-dealkylation sites (tertiary alicyclic amines) is 1. The molecule has 14 heteroatoms. The topological polar surface area (TPSA) is 137 Å². The number of aliphatic hydroxyl groups is 1. The maximum atomic E-state index is 16.9. The van der Waals surface area contributed by atoms with Crippen molar-refractivity contribution in [2.24, 2.45) is 5.92 Å². The van der Waals surface area contributed by atoms with Crippen LogP contribution >= 0.6 is 11.3 Å². The number of aromatic nitrogens is 3. The van der Waals surface area contributed by atoms with Crippen molar-refractivity contribution in [3.63, 3.8) is 0 Å². The number of benzene rings is 1. The summed E-state index contributed by atoms with van der Waals surface area (Å²) in [7, 11) is 0. The quantitative estimate of drug-likeness (QED) is 0.273. The van der Waals surface area contributed by atoms with E-state index in [1.54, 1.807) is 27.0 Å². The number of pyridine rings is 1. The highest BCUT2D eigenvalue weighted by atomic mass is 32.1. The molecule has 3 aliphatic heterocycles. The van der Waals surface area contributed by atoms with Gasteiger partial charge in [0.2, 0.25) is 5.95 Å². The highest BCUT2D eigenvalue weighted by Crippen LogP contribution is 2.46. The Bertz CT molecular complexity index is 1970. The molecule has 7 rings (SSSR count). The summed E-state index contributed by atoms with van der Waals surface area (Å²) in [6.07, 6.45) is 2.71. The monoisotopic (exact) mass is 663 g/mol. The number of ether oxygens (including phenoxy) is 2. The standard InChI is InChI=1S/C33H35F2N7O4S/c1-32(2,3)46-31(43)40-29-18(8-36)24-27(37-10-22(34)28(24)47-29)23-21-15-45-14-20(21)19-9-38-30(39-26(19)25(23)35)41-7-6-17(13-41)42-11-16(12-42)33(4,5)44/h9-10,16-17,44H,6-7,11-15H2,1-5H3,(H,40,43)/t17-/m1/s1. The fourth-order valence-electron chi connectivity index (χ4n) is 6.63. The second kappa shape index (κ2) is 11.3. The van der Waals surface area contributed by atoms with Gasteiger partial charge in [0, 0.05) is 60.7 Å². The van der Waals surface area contributed by atoms with Crippen LogP contribution in [0.5, 0.6) is 0 Å². The summed E-state index contributed by atoms with van der Waals surface area (Å²) in [5.41, 5.74) is -0.0919. The first kappa shape index (κ1) is 31.6. The molecule has 0 saturated carbocycles. The molecule has 1 atom stereocenters. The van der Waals surface area contributed by atoms with E-state index in [0.29, 0.717) is 35.6 Å².